The van der Waals surface area contributed by atoms with E-state index in [1.807, 2.05) is 32.0 Å². The van der Waals surface area contributed by atoms with Crippen molar-refractivity contribution in [2.75, 3.05) is 18.0 Å². The molecule has 3 rings (SSSR count). The molecule has 0 bridgehead atoms. The van der Waals surface area contributed by atoms with Crippen LogP contribution in [0.3, 0.4) is 0 Å². The molecule has 26 heavy (non-hydrogen) atoms. The van der Waals surface area contributed by atoms with Crippen LogP contribution >= 0.6 is 0 Å². The first-order valence-electron chi connectivity index (χ1n) is 9.39. The smallest absolute Gasteiger partial charge is 0.220 e. The van der Waals surface area contributed by atoms with Crippen molar-refractivity contribution in [3.8, 4) is 11.5 Å². The number of piperidine rings is 1. The molecule has 1 unspecified atom stereocenters. The van der Waals surface area contributed by atoms with Crippen molar-refractivity contribution in [3.63, 3.8) is 0 Å². The van der Waals surface area contributed by atoms with E-state index >= 15 is 0 Å². The predicted octanol–water partition coefficient (Wildman–Crippen LogP) is 3.04. The summed E-state index contributed by atoms with van der Waals surface area (Å²) in [5, 5.41) is 3.16. The maximum absolute atomic E-state index is 12.0. The molecule has 0 aromatic carbocycles. The molecule has 138 valence electrons. The van der Waals surface area contributed by atoms with Crippen LogP contribution in [-0.2, 0) is 4.79 Å². The normalized spacial score (nSPS) is 17.2. The van der Waals surface area contributed by atoms with Crippen molar-refractivity contribution >= 4 is 11.7 Å². The van der Waals surface area contributed by atoms with Crippen molar-refractivity contribution in [1.82, 2.24) is 20.3 Å². The number of pyridine rings is 1. The number of nitrogens with one attached hydrogen (secondary N) is 1. The molecule has 2 aromatic heterocycles. The van der Waals surface area contributed by atoms with Gasteiger partial charge in [-0.05, 0) is 45.2 Å². The van der Waals surface area contributed by atoms with Crippen LogP contribution in [0.4, 0.5) is 5.82 Å². The molecule has 1 N–H and O–H groups in total. The van der Waals surface area contributed by atoms with Crippen LogP contribution in [0.1, 0.15) is 43.9 Å². The molecule has 1 fully saturated rings. The van der Waals surface area contributed by atoms with Crippen LogP contribution in [0.5, 0.6) is 0 Å². The summed E-state index contributed by atoms with van der Waals surface area (Å²) in [5.74, 6) is 1.75. The molecule has 6 heteroatoms. The Balaban J connectivity index is 1.83. The van der Waals surface area contributed by atoms with E-state index in [2.05, 4.69) is 27.1 Å². The van der Waals surface area contributed by atoms with Gasteiger partial charge in [-0.25, -0.2) is 9.97 Å². The van der Waals surface area contributed by atoms with Crippen LogP contribution in [0, 0.1) is 13.8 Å². The Morgan fingerprint density at radius 2 is 2.15 bits per heavy atom. The molecule has 0 spiro atoms. The van der Waals surface area contributed by atoms with Crippen molar-refractivity contribution < 1.29 is 4.79 Å². The largest absolute Gasteiger partial charge is 0.354 e. The Labute approximate surface area is 155 Å². The van der Waals surface area contributed by atoms with Crippen LogP contribution in [-0.4, -0.2) is 40.0 Å². The van der Waals surface area contributed by atoms with Crippen molar-refractivity contribution in [1.29, 1.82) is 0 Å². The summed E-state index contributed by atoms with van der Waals surface area (Å²) in [6, 6.07) is 5.94. The second-order valence-corrected chi connectivity index (χ2v) is 6.90. The van der Waals surface area contributed by atoms with Crippen LogP contribution in [0.15, 0.2) is 24.4 Å². The third kappa shape index (κ3) is 4.18. The zero-order valence-corrected chi connectivity index (χ0v) is 15.8. The highest BCUT2D eigenvalue weighted by molar-refractivity contribution is 5.76. The molecule has 1 aliphatic rings. The number of hydrogen-bond donors (Lipinski definition) is 1. The number of carbonyl (C=O) groups excluding carboxylic acids is 1. The van der Waals surface area contributed by atoms with Gasteiger partial charge in [0.05, 0.1) is 0 Å². The molecule has 1 aliphatic heterocycles. The fraction of sp³-hybridized carbons (Fsp3) is 0.500. The molecular formula is C20H27N5O. The minimum atomic E-state index is 0.143. The standard InChI is InChI=1S/C20H27N5O/c1-4-8-18(26)23-16-9-7-12-25(13-16)20-14(2)15(3)22-19(24-20)17-10-5-6-11-21-17/h5-6,10-11,16H,4,7-9,12-13H2,1-3H3,(H,23,26). The highest BCUT2D eigenvalue weighted by Crippen LogP contribution is 2.26. The average Bonchev–Trinajstić information content (AvgIpc) is 2.65. The Morgan fingerprint density at radius 3 is 2.88 bits per heavy atom. The van der Waals surface area contributed by atoms with Crippen LogP contribution < -0.4 is 10.2 Å². The first kappa shape index (κ1) is 18.3. The third-order valence-corrected chi connectivity index (χ3v) is 4.82. The molecule has 1 atom stereocenters. The number of aryl methyl sites for hydroxylation is 1. The minimum Gasteiger partial charge on any atom is -0.354 e. The molecule has 1 saturated heterocycles. The lowest BCUT2D eigenvalue weighted by atomic mass is 10.0. The number of anilines is 1. The molecular weight excluding hydrogens is 326 g/mol. The van der Waals surface area contributed by atoms with E-state index in [-0.39, 0.29) is 11.9 Å². The van der Waals surface area contributed by atoms with E-state index in [4.69, 9.17) is 4.98 Å². The average molecular weight is 353 g/mol. The predicted molar refractivity (Wildman–Crippen MR) is 103 cm³/mol. The maximum Gasteiger partial charge on any atom is 0.220 e. The monoisotopic (exact) mass is 353 g/mol. The van der Waals surface area contributed by atoms with E-state index in [1.165, 1.54) is 0 Å². The highest BCUT2D eigenvalue weighted by Gasteiger charge is 2.24. The topological polar surface area (TPSA) is 71.0 Å². The van der Waals surface area contributed by atoms with Gasteiger partial charge in [0, 0.05) is 43.0 Å². The van der Waals surface area contributed by atoms with E-state index < -0.39 is 0 Å². The van der Waals surface area contributed by atoms with Gasteiger partial charge in [-0.2, -0.15) is 0 Å². The van der Waals surface area contributed by atoms with Gasteiger partial charge in [-0.1, -0.05) is 13.0 Å². The summed E-state index contributed by atoms with van der Waals surface area (Å²) in [6.45, 7) is 7.83. The first-order valence-corrected chi connectivity index (χ1v) is 9.39. The molecule has 6 nitrogen and oxygen atoms in total. The number of carbonyl (C=O) groups is 1. The van der Waals surface area contributed by atoms with Gasteiger partial charge in [-0.15, -0.1) is 0 Å². The maximum atomic E-state index is 12.0. The van der Waals surface area contributed by atoms with Gasteiger partial charge in [0.1, 0.15) is 11.5 Å². The van der Waals surface area contributed by atoms with Gasteiger partial charge < -0.3 is 10.2 Å². The van der Waals surface area contributed by atoms with Gasteiger partial charge in [-0.3, -0.25) is 9.78 Å². The quantitative estimate of drug-likeness (QED) is 0.894. The fourth-order valence-corrected chi connectivity index (χ4v) is 3.35. The Morgan fingerprint density at radius 1 is 1.31 bits per heavy atom. The van der Waals surface area contributed by atoms with Gasteiger partial charge in [0.15, 0.2) is 5.82 Å². The Hall–Kier alpha value is -2.50. The summed E-state index contributed by atoms with van der Waals surface area (Å²) < 4.78 is 0. The number of rotatable bonds is 5. The summed E-state index contributed by atoms with van der Waals surface area (Å²) in [4.78, 5) is 28.0. The summed E-state index contributed by atoms with van der Waals surface area (Å²) in [7, 11) is 0. The van der Waals surface area contributed by atoms with E-state index in [9.17, 15) is 4.79 Å². The second kappa shape index (κ2) is 8.25. The van der Waals surface area contributed by atoms with Crippen LogP contribution in [0.25, 0.3) is 11.5 Å². The Bertz CT molecular complexity index is 762. The minimum absolute atomic E-state index is 0.143. The van der Waals surface area contributed by atoms with E-state index in [0.29, 0.717) is 12.2 Å². The molecule has 3 heterocycles. The van der Waals surface area contributed by atoms with Gasteiger partial charge in [0.2, 0.25) is 5.91 Å². The molecule has 2 aromatic rings. The first-order chi connectivity index (χ1) is 12.6. The van der Waals surface area contributed by atoms with Crippen molar-refractivity contribution in [3.05, 3.63) is 35.7 Å². The number of aromatic nitrogens is 3. The summed E-state index contributed by atoms with van der Waals surface area (Å²) in [6.07, 6.45) is 5.28. The zero-order valence-electron chi connectivity index (χ0n) is 15.8. The Kier molecular flexibility index (Phi) is 5.81. The lowest BCUT2D eigenvalue weighted by molar-refractivity contribution is -0.121. The number of amides is 1. The number of hydrogen-bond acceptors (Lipinski definition) is 5. The molecule has 0 saturated carbocycles. The number of nitrogens with zero attached hydrogens (tertiary/aromatic N) is 4. The van der Waals surface area contributed by atoms with Gasteiger partial charge in [0.25, 0.3) is 0 Å². The van der Waals surface area contributed by atoms with E-state index in [1.54, 1.807) is 6.20 Å². The van der Waals surface area contributed by atoms with Crippen molar-refractivity contribution in [2.24, 2.45) is 0 Å². The third-order valence-electron chi connectivity index (χ3n) is 4.82. The molecule has 0 aliphatic carbocycles. The lowest BCUT2D eigenvalue weighted by Crippen LogP contribution is -2.48. The highest BCUT2D eigenvalue weighted by atomic mass is 16.1. The van der Waals surface area contributed by atoms with Crippen molar-refractivity contribution in [2.45, 2.75) is 52.5 Å². The molecule has 0 radical (unpaired) electrons. The zero-order chi connectivity index (χ0) is 18.5. The summed E-state index contributed by atoms with van der Waals surface area (Å²) in [5.41, 5.74) is 2.83. The SMILES string of the molecule is CCCC(=O)NC1CCCN(c2nc(-c3ccccn3)nc(C)c2C)C1. The second-order valence-electron chi connectivity index (χ2n) is 6.90. The van der Waals surface area contributed by atoms with Gasteiger partial charge >= 0.3 is 0 Å². The summed E-state index contributed by atoms with van der Waals surface area (Å²) >= 11 is 0. The molecule has 1 amide bonds. The van der Waals surface area contributed by atoms with Crippen LogP contribution in [0.2, 0.25) is 0 Å². The lowest BCUT2D eigenvalue weighted by Gasteiger charge is -2.35. The van der Waals surface area contributed by atoms with E-state index in [0.717, 1.165) is 55.1 Å². The fourth-order valence-electron chi connectivity index (χ4n) is 3.35.